The van der Waals surface area contributed by atoms with Crippen LogP contribution < -0.4 is 0 Å². The van der Waals surface area contributed by atoms with Crippen LogP contribution in [0, 0.1) is 11.8 Å². The molecular formula is C93H182O17P2. The molecule has 0 aromatic carbocycles. The summed E-state index contributed by atoms with van der Waals surface area (Å²) in [6.07, 6.45) is 79.1. The molecule has 0 radical (unpaired) electrons. The van der Waals surface area contributed by atoms with Crippen molar-refractivity contribution in [2.75, 3.05) is 39.6 Å². The number of unbranched alkanes of at least 4 members (excludes halogenated alkanes) is 61. The van der Waals surface area contributed by atoms with E-state index in [1.807, 2.05) is 0 Å². The maximum atomic E-state index is 13.2. The number of aliphatic hydroxyl groups is 1. The molecule has 0 aromatic rings. The molecule has 0 aliphatic rings. The quantitative estimate of drug-likeness (QED) is 0.0222. The van der Waals surface area contributed by atoms with E-state index in [9.17, 15) is 43.2 Å². The van der Waals surface area contributed by atoms with E-state index in [-0.39, 0.29) is 25.7 Å². The van der Waals surface area contributed by atoms with Crippen LogP contribution in [-0.2, 0) is 65.4 Å². The number of hydrogen-bond donors (Lipinski definition) is 3. The highest BCUT2D eigenvalue weighted by atomic mass is 31.2. The van der Waals surface area contributed by atoms with E-state index in [0.29, 0.717) is 25.7 Å². The monoisotopic (exact) mass is 1630 g/mol. The average molecular weight is 1630 g/mol. The highest BCUT2D eigenvalue weighted by Gasteiger charge is 2.31. The molecule has 0 saturated carbocycles. The second kappa shape index (κ2) is 84.1. The molecule has 0 amide bonds. The summed E-state index contributed by atoms with van der Waals surface area (Å²) < 4.78 is 69.2. The Kier molecular flexibility index (Phi) is 82.6. The molecule has 0 rings (SSSR count). The lowest BCUT2D eigenvalue weighted by molar-refractivity contribution is -0.161. The standard InChI is InChI=1S/C93H182O17P2/c1-7-10-12-14-16-18-20-22-23-24-25-26-30-33-40-46-52-58-64-70-76-91(96)104-82-89(109-92(97)77-71-65-59-53-47-41-34-31-28-27-29-32-38-43-49-55-61-67-73-85(4)5)84-108-112(101,102)106-80-87(94)79-105-111(99,100)107-83-88(81-103-90(95)75-69-63-57-51-45-37-21-19-17-15-13-11-8-2)110-93(98)78-72-66-60-54-48-42-36-35-39-44-50-56-62-68-74-86(6)9-3/h85-89,94H,7-84H2,1-6H3,(H,99,100)(H,101,102)/t86?,87-,88+,89+/m0/s1. The first-order valence-electron chi connectivity index (χ1n) is 48.0. The maximum absolute atomic E-state index is 13.2. The lowest BCUT2D eigenvalue weighted by Gasteiger charge is -2.21. The summed E-state index contributed by atoms with van der Waals surface area (Å²) in [4.78, 5) is 73.5. The van der Waals surface area contributed by atoms with Gasteiger partial charge in [-0.15, -0.1) is 0 Å². The summed E-state index contributed by atoms with van der Waals surface area (Å²) in [6.45, 7) is 9.81. The van der Waals surface area contributed by atoms with Gasteiger partial charge >= 0.3 is 39.5 Å². The van der Waals surface area contributed by atoms with E-state index >= 15 is 0 Å². The van der Waals surface area contributed by atoms with Crippen molar-refractivity contribution in [1.29, 1.82) is 0 Å². The van der Waals surface area contributed by atoms with Gasteiger partial charge in [0.25, 0.3) is 0 Å². The minimum Gasteiger partial charge on any atom is -0.462 e. The Labute approximate surface area is 689 Å². The van der Waals surface area contributed by atoms with E-state index in [4.69, 9.17) is 37.0 Å². The molecule has 19 heteroatoms. The number of phosphoric ester groups is 2. The number of esters is 4. The molecule has 0 bridgehead atoms. The van der Waals surface area contributed by atoms with E-state index in [1.54, 1.807) is 0 Å². The van der Waals surface area contributed by atoms with Crippen LogP contribution in [-0.4, -0.2) is 96.7 Å². The fraction of sp³-hybridized carbons (Fsp3) is 0.957. The summed E-state index contributed by atoms with van der Waals surface area (Å²) in [7, 11) is -9.94. The summed E-state index contributed by atoms with van der Waals surface area (Å²) in [5.74, 6) is -0.425. The largest absolute Gasteiger partial charge is 0.472 e. The van der Waals surface area contributed by atoms with Crippen molar-refractivity contribution in [2.24, 2.45) is 11.8 Å². The van der Waals surface area contributed by atoms with Gasteiger partial charge in [0.05, 0.1) is 26.4 Å². The zero-order valence-electron chi connectivity index (χ0n) is 74.0. The predicted octanol–water partition coefficient (Wildman–Crippen LogP) is 29.0. The zero-order valence-corrected chi connectivity index (χ0v) is 75.8. The third kappa shape index (κ3) is 84.5. The molecule has 17 nitrogen and oxygen atoms in total. The van der Waals surface area contributed by atoms with Crippen LogP contribution >= 0.6 is 15.6 Å². The van der Waals surface area contributed by atoms with Crippen LogP contribution in [0.5, 0.6) is 0 Å². The third-order valence-corrected chi connectivity index (χ3v) is 24.2. The molecule has 3 N–H and O–H groups in total. The predicted molar refractivity (Wildman–Crippen MR) is 465 cm³/mol. The van der Waals surface area contributed by atoms with Crippen molar-refractivity contribution < 1.29 is 80.2 Å². The summed E-state index contributed by atoms with van der Waals surface area (Å²) in [5.41, 5.74) is 0. The Morgan fingerprint density at radius 2 is 0.455 bits per heavy atom. The second-order valence-electron chi connectivity index (χ2n) is 34.1. The van der Waals surface area contributed by atoms with Gasteiger partial charge < -0.3 is 33.8 Å². The number of carbonyl (C=O) groups excluding carboxylic acids is 4. The van der Waals surface area contributed by atoms with Gasteiger partial charge in [-0.05, 0) is 37.5 Å². The van der Waals surface area contributed by atoms with Gasteiger partial charge in [0.1, 0.15) is 19.3 Å². The zero-order chi connectivity index (χ0) is 82.0. The molecule has 0 fully saturated rings. The molecule has 666 valence electrons. The number of ether oxygens (including phenoxy) is 4. The van der Waals surface area contributed by atoms with E-state index in [0.717, 1.165) is 102 Å². The van der Waals surface area contributed by atoms with Crippen molar-refractivity contribution >= 4 is 39.5 Å². The van der Waals surface area contributed by atoms with Gasteiger partial charge in [-0.3, -0.25) is 37.3 Å². The van der Waals surface area contributed by atoms with Gasteiger partial charge in [0.15, 0.2) is 12.2 Å². The average Bonchev–Trinajstić information content (AvgIpc) is 0.900. The maximum Gasteiger partial charge on any atom is 0.472 e. The molecule has 0 aromatic heterocycles. The first kappa shape index (κ1) is 110. The molecule has 0 heterocycles. The van der Waals surface area contributed by atoms with Crippen LogP contribution in [0.3, 0.4) is 0 Å². The number of aliphatic hydroxyl groups excluding tert-OH is 1. The van der Waals surface area contributed by atoms with Crippen molar-refractivity contribution in [3.05, 3.63) is 0 Å². The first-order chi connectivity index (χ1) is 54.4. The van der Waals surface area contributed by atoms with Crippen molar-refractivity contribution in [3.63, 3.8) is 0 Å². The molecule has 6 atom stereocenters. The Morgan fingerprint density at radius 3 is 0.679 bits per heavy atom. The third-order valence-electron chi connectivity index (χ3n) is 22.3. The lowest BCUT2D eigenvalue weighted by Crippen LogP contribution is -2.30. The number of phosphoric acid groups is 2. The summed E-state index contributed by atoms with van der Waals surface area (Å²) in [5, 5.41) is 10.7. The fourth-order valence-corrected chi connectivity index (χ4v) is 16.2. The van der Waals surface area contributed by atoms with E-state index < -0.39 is 97.5 Å². The smallest absolute Gasteiger partial charge is 0.462 e. The Morgan fingerprint density at radius 1 is 0.259 bits per heavy atom. The van der Waals surface area contributed by atoms with Crippen LogP contribution in [0.4, 0.5) is 0 Å². The number of carbonyl (C=O) groups is 4. The van der Waals surface area contributed by atoms with Gasteiger partial charge in [0, 0.05) is 25.7 Å². The summed E-state index contributed by atoms with van der Waals surface area (Å²) in [6, 6.07) is 0. The molecule has 3 unspecified atom stereocenters. The minimum atomic E-state index is -4.97. The lowest BCUT2D eigenvalue weighted by atomic mass is 9.99. The Hall–Kier alpha value is -1.94. The normalized spacial score (nSPS) is 13.9. The Balaban J connectivity index is 5.26. The number of rotatable bonds is 92. The highest BCUT2D eigenvalue weighted by molar-refractivity contribution is 7.47. The van der Waals surface area contributed by atoms with Crippen molar-refractivity contribution in [1.82, 2.24) is 0 Å². The topological polar surface area (TPSA) is 237 Å². The molecule has 0 spiro atoms. The van der Waals surface area contributed by atoms with Gasteiger partial charge in [0.2, 0.25) is 0 Å². The molecule has 0 aliphatic carbocycles. The molecule has 112 heavy (non-hydrogen) atoms. The van der Waals surface area contributed by atoms with Gasteiger partial charge in [-0.25, -0.2) is 9.13 Å². The first-order valence-corrected chi connectivity index (χ1v) is 51.0. The molecular weight excluding hydrogens is 1450 g/mol. The molecule has 0 saturated heterocycles. The minimum absolute atomic E-state index is 0.109. The van der Waals surface area contributed by atoms with Crippen LogP contribution in [0.15, 0.2) is 0 Å². The van der Waals surface area contributed by atoms with Gasteiger partial charge in [-0.1, -0.05) is 452 Å². The van der Waals surface area contributed by atoms with Gasteiger partial charge in [-0.2, -0.15) is 0 Å². The second-order valence-corrected chi connectivity index (χ2v) is 37.0. The van der Waals surface area contributed by atoms with Crippen LogP contribution in [0.1, 0.15) is 504 Å². The van der Waals surface area contributed by atoms with Crippen LogP contribution in [0.2, 0.25) is 0 Å². The van der Waals surface area contributed by atoms with Crippen LogP contribution in [0.25, 0.3) is 0 Å². The Bertz CT molecular complexity index is 2130. The highest BCUT2D eigenvalue weighted by Crippen LogP contribution is 2.45. The fourth-order valence-electron chi connectivity index (χ4n) is 14.6. The van der Waals surface area contributed by atoms with Crippen molar-refractivity contribution in [3.8, 4) is 0 Å². The summed E-state index contributed by atoms with van der Waals surface area (Å²) >= 11 is 0. The van der Waals surface area contributed by atoms with E-state index in [2.05, 4.69) is 41.5 Å². The van der Waals surface area contributed by atoms with Crippen molar-refractivity contribution in [2.45, 2.75) is 522 Å². The number of hydrogen-bond acceptors (Lipinski definition) is 15. The molecule has 0 aliphatic heterocycles. The van der Waals surface area contributed by atoms with E-state index in [1.165, 1.54) is 321 Å². The SMILES string of the molecule is CCCCCCCCCCCCCCCCCCCCCCC(=O)OC[C@H](COP(=O)(O)OC[C@@H](O)COP(=O)(O)OC[C@@H](COC(=O)CCCCCCCCCCCCCCC)OC(=O)CCCCCCCCCCCCCCCCC(C)CC)OC(=O)CCCCCCCCCCCCCCCCCCCCC(C)C.